The molecule has 27 heavy (non-hydrogen) atoms. The lowest BCUT2D eigenvalue weighted by Gasteiger charge is -2.25. The maximum absolute atomic E-state index is 12.4. The van der Waals surface area contributed by atoms with Crippen LogP contribution in [0.1, 0.15) is 24.8 Å². The van der Waals surface area contributed by atoms with Gasteiger partial charge in [-0.15, -0.1) is 24.0 Å². The highest BCUT2D eigenvalue weighted by Crippen LogP contribution is 2.19. The number of amides is 2. The first-order valence-corrected chi connectivity index (χ1v) is 8.31. The van der Waals surface area contributed by atoms with E-state index in [1.165, 1.54) is 11.0 Å². The summed E-state index contributed by atoms with van der Waals surface area (Å²) in [4.78, 5) is 28.8. The Labute approximate surface area is 173 Å². The van der Waals surface area contributed by atoms with E-state index in [1.807, 2.05) is 0 Å². The van der Waals surface area contributed by atoms with Crippen LogP contribution in [-0.2, 0) is 16.1 Å². The number of rotatable bonds is 7. The summed E-state index contributed by atoms with van der Waals surface area (Å²) in [5.41, 5.74) is 0.553. The molecule has 1 aliphatic rings. The van der Waals surface area contributed by atoms with E-state index in [-0.39, 0.29) is 54.6 Å². The molecule has 0 aromatic heterocycles. The summed E-state index contributed by atoms with van der Waals surface area (Å²) in [6.07, 6.45) is 1.38. The van der Waals surface area contributed by atoms with Crippen molar-refractivity contribution in [3.05, 3.63) is 29.8 Å². The predicted molar refractivity (Wildman–Crippen MR) is 107 cm³/mol. The van der Waals surface area contributed by atoms with Crippen molar-refractivity contribution in [2.24, 2.45) is 4.99 Å². The summed E-state index contributed by atoms with van der Waals surface area (Å²) in [7, 11) is 1.56. The molecule has 1 aromatic rings. The van der Waals surface area contributed by atoms with Gasteiger partial charge in [0.2, 0.25) is 11.8 Å². The van der Waals surface area contributed by atoms with Crippen molar-refractivity contribution in [2.75, 3.05) is 20.1 Å². The van der Waals surface area contributed by atoms with Gasteiger partial charge in [-0.3, -0.25) is 19.5 Å². The number of imide groups is 1. The Bertz CT molecular complexity index is 657. The van der Waals surface area contributed by atoms with Gasteiger partial charge in [0, 0.05) is 45.1 Å². The van der Waals surface area contributed by atoms with Gasteiger partial charge in [0.25, 0.3) is 0 Å². The SMILES string of the molecule is CN=C(NCCN1C(=O)CCCC1=O)NCc1ccccc1OC(F)F.I. The number of hydrogen-bond donors (Lipinski definition) is 2. The van der Waals surface area contributed by atoms with Crippen LogP contribution < -0.4 is 15.4 Å². The van der Waals surface area contributed by atoms with Crippen molar-refractivity contribution in [2.45, 2.75) is 32.4 Å². The van der Waals surface area contributed by atoms with Crippen LogP contribution in [0.3, 0.4) is 0 Å². The first kappa shape index (κ1) is 23.1. The third-order valence-corrected chi connectivity index (χ3v) is 3.87. The number of likely N-dealkylation sites (tertiary alicyclic amines) is 1. The second kappa shape index (κ2) is 11.7. The summed E-state index contributed by atoms with van der Waals surface area (Å²) in [6.45, 7) is -2.08. The molecule has 1 aromatic carbocycles. The van der Waals surface area contributed by atoms with Gasteiger partial charge in [-0.2, -0.15) is 8.78 Å². The van der Waals surface area contributed by atoms with E-state index in [9.17, 15) is 18.4 Å². The van der Waals surface area contributed by atoms with E-state index in [0.29, 0.717) is 37.3 Å². The van der Waals surface area contributed by atoms with E-state index in [0.717, 1.165) is 0 Å². The lowest BCUT2D eigenvalue weighted by Crippen LogP contribution is -2.46. The van der Waals surface area contributed by atoms with Crippen molar-refractivity contribution < 1.29 is 23.1 Å². The Morgan fingerprint density at radius 3 is 2.52 bits per heavy atom. The normalized spacial score (nSPS) is 14.8. The highest BCUT2D eigenvalue weighted by Gasteiger charge is 2.25. The summed E-state index contributed by atoms with van der Waals surface area (Å²) < 4.78 is 29.3. The van der Waals surface area contributed by atoms with Crippen molar-refractivity contribution in [1.82, 2.24) is 15.5 Å². The van der Waals surface area contributed by atoms with E-state index in [2.05, 4.69) is 20.4 Å². The van der Waals surface area contributed by atoms with Crippen LogP contribution in [-0.4, -0.2) is 49.4 Å². The number of alkyl halides is 2. The van der Waals surface area contributed by atoms with Gasteiger partial charge in [0.05, 0.1) is 0 Å². The van der Waals surface area contributed by atoms with Crippen molar-refractivity contribution in [3.63, 3.8) is 0 Å². The van der Waals surface area contributed by atoms with Crippen LogP contribution in [0, 0.1) is 0 Å². The summed E-state index contributed by atoms with van der Waals surface area (Å²) in [5, 5.41) is 5.98. The highest BCUT2D eigenvalue weighted by atomic mass is 127. The molecule has 0 unspecified atom stereocenters. The van der Waals surface area contributed by atoms with Crippen LogP contribution >= 0.6 is 24.0 Å². The molecule has 0 aliphatic carbocycles. The molecule has 150 valence electrons. The minimum absolute atomic E-state index is 0. The molecule has 0 saturated carbocycles. The Hall–Kier alpha value is -1.98. The van der Waals surface area contributed by atoms with Gasteiger partial charge in [-0.1, -0.05) is 18.2 Å². The number of halogens is 3. The number of piperidine rings is 1. The number of aliphatic imine (C=N–C) groups is 1. The van der Waals surface area contributed by atoms with Crippen LogP contribution in [0.25, 0.3) is 0 Å². The van der Waals surface area contributed by atoms with Crippen LogP contribution in [0.5, 0.6) is 5.75 Å². The zero-order valence-corrected chi connectivity index (χ0v) is 17.2. The van der Waals surface area contributed by atoms with Gasteiger partial charge in [0.1, 0.15) is 5.75 Å². The molecule has 1 saturated heterocycles. The molecule has 0 spiro atoms. The lowest BCUT2D eigenvalue weighted by molar-refractivity contribution is -0.147. The molecule has 0 radical (unpaired) electrons. The zero-order chi connectivity index (χ0) is 18.9. The molecule has 2 rings (SSSR count). The monoisotopic (exact) mass is 496 g/mol. The number of hydrogen-bond acceptors (Lipinski definition) is 4. The molecule has 0 bridgehead atoms. The van der Waals surface area contributed by atoms with Gasteiger partial charge in [-0.25, -0.2) is 0 Å². The first-order chi connectivity index (χ1) is 12.5. The van der Waals surface area contributed by atoms with Crippen LogP contribution in [0.4, 0.5) is 8.78 Å². The minimum atomic E-state index is -2.90. The maximum atomic E-state index is 12.4. The van der Waals surface area contributed by atoms with E-state index in [4.69, 9.17) is 0 Å². The van der Waals surface area contributed by atoms with Gasteiger partial charge >= 0.3 is 6.61 Å². The third kappa shape index (κ3) is 7.27. The Morgan fingerprint density at radius 1 is 1.22 bits per heavy atom. The summed E-state index contributed by atoms with van der Waals surface area (Å²) >= 11 is 0. The molecule has 1 heterocycles. The molecular formula is C17H23F2IN4O3. The number of carbonyl (C=O) groups excluding carboxylic acids is 2. The Morgan fingerprint density at radius 2 is 1.89 bits per heavy atom. The summed E-state index contributed by atoms with van der Waals surface area (Å²) in [6, 6.07) is 6.47. The maximum Gasteiger partial charge on any atom is 0.387 e. The Balaban J connectivity index is 0.00000364. The summed E-state index contributed by atoms with van der Waals surface area (Å²) in [5.74, 6) is 0.192. The van der Waals surface area contributed by atoms with Crippen molar-refractivity contribution in [3.8, 4) is 5.75 Å². The standard InChI is InChI=1S/C17H22F2N4O3.HI/c1-20-17(21-9-10-23-14(24)7-4-8-15(23)25)22-11-12-5-2-3-6-13(12)26-16(18)19;/h2-3,5-6,16H,4,7-11H2,1H3,(H2,20,21,22);1H. The number of nitrogens with one attached hydrogen (secondary N) is 2. The molecule has 0 atom stereocenters. The molecule has 2 amide bonds. The number of carbonyl (C=O) groups is 2. The Kier molecular flexibility index (Phi) is 9.97. The van der Waals surface area contributed by atoms with Crippen LogP contribution in [0.15, 0.2) is 29.3 Å². The number of ether oxygens (including phenoxy) is 1. The van der Waals surface area contributed by atoms with Crippen molar-refractivity contribution in [1.29, 1.82) is 0 Å². The largest absolute Gasteiger partial charge is 0.434 e. The van der Waals surface area contributed by atoms with Crippen molar-refractivity contribution >= 4 is 41.8 Å². The fraction of sp³-hybridized carbons (Fsp3) is 0.471. The number of benzene rings is 1. The molecule has 7 nitrogen and oxygen atoms in total. The van der Waals surface area contributed by atoms with E-state index < -0.39 is 6.61 Å². The minimum Gasteiger partial charge on any atom is -0.434 e. The second-order valence-electron chi connectivity index (χ2n) is 5.63. The molecule has 10 heteroatoms. The lowest BCUT2D eigenvalue weighted by atomic mass is 10.1. The van der Waals surface area contributed by atoms with Gasteiger partial charge < -0.3 is 15.4 Å². The quantitative estimate of drug-likeness (QED) is 0.262. The fourth-order valence-corrected chi connectivity index (χ4v) is 2.60. The average molecular weight is 496 g/mol. The topological polar surface area (TPSA) is 83.0 Å². The number of nitrogens with zero attached hydrogens (tertiary/aromatic N) is 2. The molecule has 2 N–H and O–H groups in total. The number of para-hydroxylation sites is 1. The smallest absolute Gasteiger partial charge is 0.387 e. The average Bonchev–Trinajstić information content (AvgIpc) is 2.61. The molecule has 1 fully saturated rings. The highest BCUT2D eigenvalue weighted by molar-refractivity contribution is 14.0. The second-order valence-corrected chi connectivity index (χ2v) is 5.63. The van der Waals surface area contributed by atoms with E-state index >= 15 is 0 Å². The van der Waals surface area contributed by atoms with Gasteiger partial charge in [-0.05, 0) is 12.5 Å². The van der Waals surface area contributed by atoms with Crippen LogP contribution in [0.2, 0.25) is 0 Å². The molecular weight excluding hydrogens is 473 g/mol. The third-order valence-electron chi connectivity index (χ3n) is 3.87. The van der Waals surface area contributed by atoms with E-state index in [1.54, 1.807) is 25.2 Å². The fourth-order valence-electron chi connectivity index (χ4n) is 2.60. The first-order valence-electron chi connectivity index (χ1n) is 8.31. The van der Waals surface area contributed by atoms with Gasteiger partial charge in [0.15, 0.2) is 5.96 Å². The predicted octanol–water partition coefficient (Wildman–Crippen LogP) is 2.11. The zero-order valence-electron chi connectivity index (χ0n) is 14.9. The number of guanidine groups is 1. The molecule has 1 aliphatic heterocycles.